The molecule has 0 amide bonds. The molecular formula is C45H70N2O76S17. The summed E-state index contributed by atoms with van der Waals surface area (Å²) >= 11 is 0. The van der Waals surface area contributed by atoms with Crippen LogP contribution in [-0.2, 0) is 291 Å². The molecule has 2 aromatic rings. The van der Waals surface area contributed by atoms with Gasteiger partial charge in [0, 0.05) is 37.1 Å². The monoisotopic (exact) mass is 2400 g/mol. The Morgan fingerprint density at radius 1 is 0.257 bits per heavy atom. The molecule has 7 rings (SSSR count). The van der Waals surface area contributed by atoms with Crippen molar-refractivity contribution in [3.8, 4) is 0 Å². The van der Waals surface area contributed by atoms with Crippen molar-refractivity contribution in [1.29, 1.82) is 0 Å². The predicted molar refractivity (Wildman–Crippen MR) is 415 cm³/mol. The van der Waals surface area contributed by atoms with Crippen LogP contribution in [0.1, 0.15) is 6.42 Å². The van der Waals surface area contributed by atoms with E-state index in [1.165, 1.54) is 24.3 Å². The van der Waals surface area contributed by atoms with Crippen LogP contribution in [0.15, 0.2) is 41.3 Å². The lowest BCUT2D eigenvalue weighted by Gasteiger charge is -2.51. The van der Waals surface area contributed by atoms with E-state index in [4.69, 9.17) is 47.4 Å². The summed E-state index contributed by atoms with van der Waals surface area (Å²) in [5.41, 5.74) is 0.435. The number of ether oxygens (including phenoxy) is 10. The van der Waals surface area contributed by atoms with Crippen LogP contribution in [0.5, 0.6) is 0 Å². The maximum absolute atomic E-state index is 14.0. The van der Waals surface area contributed by atoms with E-state index in [-0.39, 0.29) is 5.39 Å². The lowest BCUT2D eigenvalue weighted by atomic mass is 9.95. The fraction of sp³-hybridized carbons (Fsp3) is 0.778. The van der Waals surface area contributed by atoms with E-state index >= 15 is 0 Å². The molecule has 25 atom stereocenters. The molecule has 5 aliphatic heterocycles. The second-order valence-electron chi connectivity index (χ2n) is 27.2. The van der Waals surface area contributed by atoms with Crippen molar-refractivity contribution in [2.24, 2.45) is 0 Å². The third kappa shape index (κ3) is 41.1. The maximum Gasteiger partial charge on any atom is 0.397 e. The van der Waals surface area contributed by atoms with E-state index < -0.39 is 387 Å². The lowest BCUT2D eigenvalue weighted by molar-refractivity contribution is -0.388. The molecule has 0 bridgehead atoms. The van der Waals surface area contributed by atoms with E-state index in [2.05, 4.69) is 71.7 Å². The van der Waals surface area contributed by atoms with Gasteiger partial charge in [-0.25, -0.2) is 80.1 Å². The quantitative estimate of drug-likeness (QED) is 0.0216. The van der Waals surface area contributed by atoms with Gasteiger partial charge >= 0.3 is 166 Å². The first-order valence-corrected chi connectivity index (χ1v) is 58.2. The normalized spacial score (nSPS) is 30.4. The molecule has 0 saturated carbocycles. The first kappa shape index (κ1) is 123. The second kappa shape index (κ2) is 46.2. The van der Waals surface area contributed by atoms with E-state index in [1.807, 2.05) is 0 Å². The van der Waals surface area contributed by atoms with Crippen LogP contribution >= 0.6 is 0 Å². The molecule has 0 spiro atoms. The number of fused-ring (bicyclic) bond motifs is 1. The molecule has 140 heavy (non-hydrogen) atoms. The fourth-order valence-electron chi connectivity index (χ4n) is 12.8. The molecule has 78 nitrogen and oxygen atoms in total. The Bertz CT molecular complexity index is 6840. The number of hydrogen-bond donors (Lipinski definition) is 17. The highest BCUT2D eigenvalue weighted by atomic mass is 32.3. The number of nitrogens with zero attached hydrogens (tertiary/aromatic N) is 1. The van der Waals surface area contributed by atoms with E-state index in [0.29, 0.717) is 11.1 Å². The van der Waals surface area contributed by atoms with Crippen LogP contribution in [0.3, 0.4) is 0 Å². The summed E-state index contributed by atoms with van der Waals surface area (Å²) in [7, 11) is -108. The minimum Gasteiger partial charge on any atom is -0.377 e. The molecule has 5 aliphatic rings. The molecule has 95 heteroatoms. The fourth-order valence-corrected chi connectivity index (χ4v) is 21.1. The van der Waals surface area contributed by atoms with Crippen molar-refractivity contribution in [2.45, 2.75) is 165 Å². The minimum absolute atomic E-state index is 0.0376. The van der Waals surface area contributed by atoms with Gasteiger partial charge in [-0.2, -0.15) is 135 Å². The van der Waals surface area contributed by atoms with Gasteiger partial charge < -0.3 is 52.3 Å². The average Bonchev–Trinajstić information content (AvgIpc) is 0.742. The molecule has 0 unspecified atom stereocenters. The van der Waals surface area contributed by atoms with Gasteiger partial charge in [0.25, 0.3) is 0 Å². The van der Waals surface area contributed by atoms with Gasteiger partial charge in [-0.15, -0.1) is 0 Å². The standard InChI is InChI=1S/C45H70N2O76S17/c1-47(2)19-8-3-7-18-17(19)6-4-9-25(18)124(48,49)46-10-5-11-98-41-36(34(118-135(80,81)82)29(116-133(74,75)76)23(104-41)15-102-128(59,60)61)112-44-39(122-139(92,93)94)33(28(115-132(71,72)73)22(107-44)14-101-127(56,57)58)110-42-37(120-137(86,87)88)31(26(113-130(65,66)67)20(105-42)12-99-125(50,51)52)109-43-38(121-138(89,90)91)32(27(114-131(68,69)70)21(106-43)13-100-126(53,54)55)111-45-40(123-140(95,96)97)35(119-136(83,84)85)30(117-134(77,78)79)24(108-45)16-103-129(62,63)64/h3-4,6-9,20-24,26-46H,5,10-16H2,1-2H3,(H,50,51,52)(H,53,54,55)(H,56,57,58)(H,59,60,61)(H,62,63,64)(H,65,66,67)(H,68,69,70)(H,71,72,73)(H,74,75,76)(H,77,78,79)(H,80,81,82)(H,83,84,85)(H,86,87,88)(H,89,90,91)(H,92,93,94)(H,95,96,97)/t20-,21-,22-,23-,24-,26-,27-,28-,29-,30-,31+,32+,33+,34+,35+,36+,37+,38+,39+,40+,41+,42-,43-,44-,45-/m1/s1. The van der Waals surface area contributed by atoms with Crippen molar-refractivity contribution in [2.75, 3.05) is 65.2 Å². The molecule has 2 aromatic carbocycles. The Hall–Kier alpha value is -4.07. The first-order valence-electron chi connectivity index (χ1n) is 34.9. The summed E-state index contributed by atoms with van der Waals surface area (Å²) in [6.07, 6.45) is -97.8. The van der Waals surface area contributed by atoms with Crippen LogP contribution in [0.4, 0.5) is 5.69 Å². The molecular weight excluding hydrogens is 2330 g/mol. The number of anilines is 1. The third-order valence-electron chi connectivity index (χ3n) is 17.1. The molecule has 0 radical (unpaired) electrons. The SMILES string of the molecule is CN(C)c1cccc2c(S(=O)(=O)NCCCO[C@H]3O[C@H](COS(=O)(=O)O)[C@@H](OS(=O)(=O)O)[C@H](OS(=O)(=O)O)[C@@H]3O[C@H]3O[C@H](COS(=O)(=O)O)[C@@H](OS(=O)(=O)O)[C@H](O[C@H]4O[C@H](COS(=O)(=O)O)[C@@H](OS(=O)(=O)O)[C@H](O[C@H]5O[C@H](COS(=O)(=O)O)[C@@H](OS(=O)(=O)O)[C@H](O[C@H]6O[C@H](COS(=O)(=O)O)[C@@H](OS(=O)(=O)O)[C@H](OS(=O)(=O)O)[C@@H]6OS(=O)(=O)O)[C@@H]5OS(=O)(=O)O)[C@@H]4OS(=O)(=O)O)[C@@H]3OS(=O)(=O)O)cccc12. The van der Waals surface area contributed by atoms with Gasteiger partial charge in [0.1, 0.15) is 97.7 Å². The van der Waals surface area contributed by atoms with E-state index in [1.54, 1.807) is 25.1 Å². The molecule has 5 saturated heterocycles. The highest BCUT2D eigenvalue weighted by Crippen LogP contribution is 2.44. The number of rotatable bonds is 53. The summed E-state index contributed by atoms with van der Waals surface area (Å²) in [5.74, 6) is 0. The lowest BCUT2D eigenvalue weighted by Crippen LogP contribution is -2.70. The zero-order valence-electron chi connectivity index (χ0n) is 67.1. The van der Waals surface area contributed by atoms with Crippen molar-refractivity contribution < 1.29 is 330 Å². The van der Waals surface area contributed by atoms with Gasteiger partial charge in [0.15, 0.2) is 55.9 Å². The summed E-state index contributed by atoms with van der Waals surface area (Å²) in [6, 6.07) is 8.11. The Morgan fingerprint density at radius 3 is 0.729 bits per heavy atom. The summed E-state index contributed by atoms with van der Waals surface area (Å²) in [4.78, 5) is 1.09. The summed E-state index contributed by atoms with van der Waals surface area (Å²) in [5, 5.41) is 0.341. The van der Waals surface area contributed by atoms with Crippen LogP contribution in [0.25, 0.3) is 10.8 Å². The summed E-state index contributed by atoms with van der Waals surface area (Å²) < 4.78 is 724. The number of benzene rings is 2. The van der Waals surface area contributed by atoms with Gasteiger partial charge in [-0.05, 0) is 18.6 Å². The zero-order chi connectivity index (χ0) is 107. The Labute approximate surface area is 788 Å². The predicted octanol–water partition coefficient (Wildman–Crippen LogP) is -12.1. The molecule has 818 valence electrons. The summed E-state index contributed by atoms with van der Waals surface area (Å²) in [6.45, 7) is -14.4. The van der Waals surface area contributed by atoms with Gasteiger partial charge in [-0.1, -0.05) is 24.3 Å². The highest BCUT2D eigenvalue weighted by molar-refractivity contribution is 7.90. The van der Waals surface area contributed by atoms with Crippen LogP contribution in [-0.4, -0.2) is 430 Å². The van der Waals surface area contributed by atoms with Crippen LogP contribution < -0.4 is 9.62 Å². The Balaban J connectivity index is 1.57. The van der Waals surface area contributed by atoms with E-state index in [9.17, 15) is 216 Å². The van der Waals surface area contributed by atoms with Crippen molar-refractivity contribution >= 4 is 193 Å². The molecule has 0 aromatic heterocycles. The zero-order valence-corrected chi connectivity index (χ0v) is 81.0. The number of sulfonamides is 1. The largest absolute Gasteiger partial charge is 0.397 e. The molecule has 5 fully saturated rings. The third-order valence-corrected chi connectivity index (χ3v) is 25.9. The first-order chi connectivity index (χ1) is 62.9. The van der Waals surface area contributed by atoms with E-state index in [0.717, 1.165) is 6.07 Å². The second-order valence-corrected chi connectivity index (χ2v) is 45.9. The Morgan fingerprint density at radius 2 is 0.471 bits per heavy atom. The van der Waals surface area contributed by atoms with Gasteiger partial charge in [-0.3, -0.25) is 72.8 Å². The number of hydrogen-bond acceptors (Lipinski definition) is 61. The average molecular weight is 2400 g/mol. The van der Waals surface area contributed by atoms with Gasteiger partial charge in [0.05, 0.1) is 44.5 Å². The molecule has 5 heterocycles. The molecule has 17 N–H and O–H groups in total. The highest BCUT2D eigenvalue weighted by Gasteiger charge is 2.65. The Kier molecular flexibility index (Phi) is 40.5. The smallest absolute Gasteiger partial charge is 0.377 e. The van der Waals surface area contributed by atoms with Crippen molar-refractivity contribution in [1.82, 2.24) is 4.72 Å². The van der Waals surface area contributed by atoms with Crippen molar-refractivity contribution in [3.05, 3.63) is 36.4 Å². The van der Waals surface area contributed by atoms with Crippen LogP contribution in [0, 0.1) is 0 Å². The maximum atomic E-state index is 14.0. The topological polar surface area (TPSA) is 1160 Å². The minimum atomic E-state index is -7.17. The van der Waals surface area contributed by atoms with Gasteiger partial charge in [0.2, 0.25) is 10.0 Å². The van der Waals surface area contributed by atoms with Crippen LogP contribution in [0.2, 0.25) is 0 Å². The van der Waals surface area contributed by atoms with Crippen molar-refractivity contribution in [3.63, 3.8) is 0 Å². The molecule has 0 aliphatic carbocycles. The number of nitrogens with one attached hydrogen (secondary N) is 1.